The Balaban J connectivity index is 1.95. The van der Waals surface area contributed by atoms with Crippen LogP contribution >= 0.6 is 0 Å². The Morgan fingerprint density at radius 2 is 2.16 bits per heavy atom. The van der Waals surface area contributed by atoms with Gasteiger partial charge in [-0.1, -0.05) is 13.8 Å². The average Bonchev–Trinajstić information content (AvgIpc) is 2.89. The zero-order valence-electron chi connectivity index (χ0n) is 11.9. The molecule has 19 heavy (non-hydrogen) atoms. The molecular weight excluding hydrogens is 240 g/mol. The maximum Gasteiger partial charge on any atom is 0.227 e. The normalized spacial score (nSPS) is 16.8. The van der Waals surface area contributed by atoms with Crippen molar-refractivity contribution in [2.24, 2.45) is 5.92 Å². The number of rotatable bonds is 5. The number of anilines is 1. The molecule has 0 radical (unpaired) electrons. The molecule has 2 rings (SSSR count). The molecule has 5 heteroatoms. The molecule has 0 spiro atoms. The Morgan fingerprint density at radius 1 is 1.47 bits per heavy atom. The first-order valence-electron chi connectivity index (χ1n) is 7.30. The summed E-state index contributed by atoms with van der Waals surface area (Å²) in [6, 6.07) is 0.458. The van der Waals surface area contributed by atoms with Crippen molar-refractivity contribution in [3.8, 4) is 0 Å². The first-order valence-corrected chi connectivity index (χ1v) is 7.30. The van der Waals surface area contributed by atoms with Gasteiger partial charge in [0.2, 0.25) is 5.91 Å². The van der Waals surface area contributed by atoms with Gasteiger partial charge in [0.25, 0.3) is 0 Å². The van der Waals surface area contributed by atoms with Crippen LogP contribution in [-0.2, 0) is 4.79 Å². The molecule has 2 heterocycles. The number of hydrogen-bond acceptors (Lipinski definition) is 3. The van der Waals surface area contributed by atoms with Crippen LogP contribution in [0.5, 0.6) is 0 Å². The lowest BCUT2D eigenvalue weighted by Gasteiger charge is -2.22. The van der Waals surface area contributed by atoms with Crippen molar-refractivity contribution >= 4 is 11.6 Å². The van der Waals surface area contributed by atoms with E-state index in [9.17, 15) is 4.79 Å². The summed E-state index contributed by atoms with van der Waals surface area (Å²) in [5.41, 5.74) is 0.815. The molecule has 0 atom stereocenters. The van der Waals surface area contributed by atoms with E-state index in [4.69, 9.17) is 0 Å². The predicted molar refractivity (Wildman–Crippen MR) is 76.1 cm³/mol. The van der Waals surface area contributed by atoms with Crippen LogP contribution in [0.15, 0.2) is 12.4 Å². The van der Waals surface area contributed by atoms with Gasteiger partial charge in [-0.25, -0.2) is 0 Å². The van der Waals surface area contributed by atoms with Crippen molar-refractivity contribution in [1.82, 2.24) is 15.1 Å². The van der Waals surface area contributed by atoms with Crippen molar-refractivity contribution in [3.05, 3.63) is 12.4 Å². The van der Waals surface area contributed by atoms with Crippen LogP contribution in [0.4, 0.5) is 5.69 Å². The van der Waals surface area contributed by atoms with E-state index < -0.39 is 0 Å². The molecule has 1 fully saturated rings. The van der Waals surface area contributed by atoms with Crippen LogP contribution in [0, 0.1) is 5.92 Å². The Morgan fingerprint density at radius 3 is 2.79 bits per heavy atom. The van der Waals surface area contributed by atoms with E-state index in [1.165, 1.54) is 0 Å². The number of carbonyl (C=O) groups is 1. The third-order valence-corrected chi connectivity index (χ3v) is 3.91. The first-order chi connectivity index (χ1) is 9.24. The van der Waals surface area contributed by atoms with Crippen LogP contribution in [-0.4, -0.2) is 28.8 Å². The zero-order valence-corrected chi connectivity index (χ0v) is 11.9. The van der Waals surface area contributed by atoms with Crippen molar-refractivity contribution < 1.29 is 4.79 Å². The van der Waals surface area contributed by atoms with Gasteiger partial charge in [-0.15, -0.1) is 0 Å². The topological polar surface area (TPSA) is 59.0 Å². The Labute approximate surface area is 114 Å². The summed E-state index contributed by atoms with van der Waals surface area (Å²) in [5.74, 6) is 0.206. The number of hydrogen-bond donors (Lipinski definition) is 2. The summed E-state index contributed by atoms with van der Waals surface area (Å²) >= 11 is 0. The molecular formula is C14H24N4O. The van der Waals surface area contributed by atoms with E-state index in [0.29, 0.717) is 6.04 Å². The molecule has 0 saturated carbocycles. The highest BCUT2D eigenvalue weighted by Crippen LogP contribution is 2.20. The number of carbonyl (C=O) groups excluding carboxylic acids is 1. The van der Waals surface area contributed by atoms with E-state index in [1.807, 2.05) is 24.7 Å². The quantitative estimate of drug-likeness (QED) is 0.857. The molecule has 1 aromatic rings. The van der Waals surface area contributed by atoms with Crippen LogP contribution < -0.4 is 10.6 Å². The lowest BCUT2D eigenvalue weighted by molar-refractivity contribution is -0.120. The molecule has 1 aliphatic heterocycles. The Hall–Kier alpha value is -1.36. The minimum absolute atomic E-state index is 0.0993. The number of nitrogens with zero attached hydrogens (tertiary/aromatic N) is 2. The maximum absolute atomic E-state index is 12.0. The summed E-state index contributed by atoms with van der Waals surface area (Å²) in [7, 11) is 0. The number of nitrogens with one attached hydrogen (secondary N) is 2. The van der Waals surface area contributed by atoms with Gasteiger partial charge < -0.3 is 10.6 Å². The highest BCUT2D eigenvalue weighted by Gasteiger charge is 2.18. The fourth-order valence-corrected chi connectivity index (χ4v) is 2.58. The highest BCUT2D eigenvalue weighted by atomic mass is 16.1. The molecule has 1 aromatic heterocycles. The molecule has 1 aliphatic rings. The van der Waals surface area contributed by atoms with Crippen molar-refractivity contribution in [1.29, 1.82) is 0 Å². The number of piperidine rings is 1. The van der Waals surface area contributed by atoms with Gasteiger partial charge in [0.1, 0.15) is 0 Å². The second kappa shape index (κ2) is 6.70. The monoisotopic (exact) mass is 264 g/mol. The molecule has 1 amide bonds. The standard InChI is InChI=1S/C14H24N4O/c1-3-11(4-2)14(19)17-12-9-16-18(10-12)13-5-7-15-8-6-13/h9-11,13,15H,3-8H2,1-2H3,(H,17,19). The summed E-state index contributed by atoms with van der Waals surface area (Å²) in [5, 5.41) is 10.7. The van der Waals surface area contributed by atoms with Gasteiger partial charge >= 0.3 is 0 Å². The molecule has 0 bridgehead atoms. The summed E-state index contributed by atoms with van der Waals surface area (Å²) in [6.07, 6.45) is 7.66. The maximum atomic E-state index is 12.0. The third-order valence-electron chi connectivity index (χ3n) is 3.91. The summed E-state index contributed by atoms with van der Waals surface area (Å²) in [6.45, 7) is 6.18. The second-order valence-corrected chi connectivity index (χ2v) is 5.19. The molecule has 5 nitrogen and oxygen atoms in total. The van der Waals surface area contributed by atoms with Crippen LogP contribution in [0.3, 0.4) is 0 Å². The van der Waals surface area contributed by atoms with E-state index in [0.717, 1.165) is 44.5 Å². The lowest BCUT2D eigenvalue weighted by atomic mass is 10.0. The largest absolute Gasteiger partial charge is 0.323 e. The minimum atomic E-state index is 0.0993. The summed E-state index contributed by atoms with van der Waals surface area (Å²) in [4.78, 5) is 12.0. The molecule has 1 saturated heterocycles. The van der Waals surface area contributed by atoms with Gasteiger partial charge in [0, 0.05) is 12.1 Å². The van der Waals surface area contributed by atoms with Crippen molar-refractivity contribution in [3.63, 3.8) is 0 Å². The molecule has 106 valence electrons. The molecule has 2 N–H and O–H groups in total. The molecule has 0 aromatic carbocycles. The minimum Gasteiger partial charge on any atom is -0.323 e. The van der Waals surface area contributed by atoms with E-state index in [2.05, 4.69) is 15.7 Å². The van der Waals surface area contributed by atoms with Gasteiger partial charge in [-0.3, -0.25) is 9.48 Å². The van der Waals surface area contributed by atoms with E-state index in [1.54, 1.807) is 6.20 Å². The highest BCUT2D eigenvalue weighted by molar-refractivity contribution is 5.92. The van der Waals surface area contributed by atoms with Gasteiger partial charge in [-0.05, 0) is 38.8 Å². The predicted octanol–water partition coefficient (Wildman–Crippen LogP) is 2.18. The van der Waals surface area contributed by atoms with Crippen LogP contribution in [0.25, 0.3) is 0 Å². The Bertz CT molecular complexity index is 405. The molecule has 0 aliphatic carbocycles. The molecule has 0 unspecified atom stereocenters. The Kier molecular flexibility index (Phi) is 4.96. The van der Waals surface area contributed by atoms with Gasteiger partial charge in [-0.2, -0.15) is 5.10 Å². The van der Waals surface area contributed by atoms with E-state index >= 15 is 0 Å². The summed E-state index contributed by atoms with van der Waals surface area (Å²) < 4.78 is 1.99. The zero-order chi connectivity index (χ0) is 13.7. The van der Waals surface area contributed by atoms with Crippen molar-refractivity contribution in [2.45, 2.75) is 45.6 Å². The van der Waals surface area contributed by atoms with Crippen LogP contribution in [0.1, 0.15) is 45.6 Å². The first kappa shape index (κ1) is 14.1. The lowest BCUT2D eigenvalue weighted by Crippen LogP contribution is -2.29. The number of amides is 1. The fraction of sp³-hybridized carbons (Fsp3) is 0.714. The van der Waals surface area contributed by atoms with Crippen molar-refractivity contribution in [2.75, 3.05) is 18.4 Å². The van der Waals surface area contributed by atoms with Gasteiger partial charge in [0.05, 0.1) is 17.9 Å². The third kappa shape index (κ3) is 3.56. The fourth-order valence-electron chi connectivity index (χ4n) is 2.58. The van der Waals surface area contributed by atoms with Crippen LogP contribution in [0.2, 0.25) is 0 Å². The second-order valence-electron chi connectivity index (χ2n) is 5.19. The SMILES string of the molecule is CCC(CC)C(=O)Nc1cnn(C2CCNCC2)c1. The average molecular weight is 264 g/mol. The van der Waals surface area contributed by atoms with Gasteiger partial charge in [0.15, 0.2) is 0 Å². The van der Waals surface area contributed by atoms with E-state index in [-0.39, 0.29) is 11.8 Å². The smallest absolute Gasteiger partial charge is 0.227 e. The number of aromatic nitrogens is 2.